The van der Waals surface area contributed by atoms with Crippen LogP contribution in [-0.4, -0.2) is 27.0 Å². The number of hydrogen-bond acceptors (Lipinski definition) is 4. The summed E-state index contributed by atoms with van der Waals surface area (Å²) in [5, 5.41) is 3.07. The van der Waals surface area contributed by atoms with Crippen molar-refractivity contribution in [3.05, 3.63) is 48.2 Å². The van der Waals surface area contributed by atoms with Gasteiger partial charge in [-0.25, -0.2) is 4.98 Å². The summed E-state index contributed by atoms with van der Waals surface area (Å²) in [6, 6.07) is 14.1. The molecule has 0 aliphatic heterocycles. The molecule has 0 aliphatic carbocycles. The van der Waals surface area contributed by atoms with Gasteiger partial charge in [-0.3, -0.25) is 0 Å². The lowest BCUT2D eigenvalue weighted by Crippen LogP contribution is -2.50. The molecule has 0 unspecified atom stereocenters. The zero-order valence-corrected chi connectivity index (χ0v) is 19.5. The minimum atomic E-state index is -1.96. The monoisotopic (exact) mass is 400 g/mol. The van der Waals surface area contributed by atoms with Gasteiger partial charge in [0.2, 0.25) is 0 Å². The summed E-state index contributed by atoms with van der Waals surface area (Å²) in [6.07, 6.45) is 0.767. The highest BCUT2D eigenvalue weighted by atomic mass is 28.4. The van der Waals surface area contributed by atoms with Crippen LogP contribution >= 0.6 is 0 Å². The second kappa shape index (κ2) is 9.96. The van der Waals surface area contributed by atoms with Crippen LogP contribution in [0.25, 0.3) is 0 Å². The van der Waals surface area contributed by atoms with Crippen molar-refractivity contribution in [3.8, 4) is 11.5 Å². The third-order valence-corrected chi connectivity index (χ3v) is 11.5. The molecule has 1 heterocycles. The molecule has 154 valence electrons. The number of nitrogens with zero attached hydrogens (tertiary/aromatic N) is 1. The van der Waals surface area contributed by atoms with Crippen molar-refractivity contribution in [2.24, 2.45) is 0 Å². The number of rotatable bonds is 10. The van der Waals surface area contributed by atoms with Crippen LogP contribution in [0.4, 0.5) is 5.82 Å². The average molecular weight is 401 g/mol. The summed E-state index contributed by atoms with van der Waals surface area (Å²) < 4.78 is 12.8. The van der Waals surface area contributed by atoms with Gasteiger partial charge in [-0.15, -0.1) is 0 Å². The molecule has 0 saturated carbocycles. The van der Waals surface area contributed by atoms with E-state index in [2.05, 4.69) is 57.9 Å². The largest absolute Gasteiger partial charge is 0.543 e. The first-order valence-corrected chi connectivity index (χ1v) is 12.5. The van der Waals surface area contributed by atoms with Gasteiger partial charge in [0.15, 0.2) is 0 Å². The maximum absolute atomic E-state index is 6.76. The zero-order valence-electron chi connectivity index (χ0n) is 18.5. The van der Waals surface area contributed by atoms with E-state index >= 15 is 0 Å². The second-order valence-corrected chi connectivity index (χ2v) is 13.6. The zero-order chi connectivity index (χ0) is 20.7. The van der Waals surface area contributed by atoms with Gasteiger partial charge in [-0.05, 0) is 40.9 Å². The quantitative estimate of drug-likeness (QED) is 0.475. The fourth-order valence-corrected chi connectivity index (χ4v) is 9.46. The van der Waals surface area contributed by atoms with Crippen molar-refractivity contribution >= 4 is 14.1 Å². The first kappa shape index (κ1) is 22.3. The van der Waals surface area contributed by atoms with Gasteiger partial charge < -0.3 is 14.5 Å². The van der Waals surface area contributed by atoms with Crippen molar-refractivity contribution in [3.63, 3.8) is 0 Å². The third kappa shape index (κ3) is 5.28. The summed E-state index contributed by atoms with van der Waals surface area (Å²) in [4.78, 5) is 4.54. The lowest BCUT2D eigenvalue weighted by molar-refractivity contribution is 0.319. The molecule has 2 rings (SSSR count). The highest BCUT2D eigenvalue weighted by Gasteiger charge is 2.47. The Bertz CT molecular complexity index is 725. The minimum Gasteiger partial charge on any atom is -0.543 e. The molecule has 5 heteroatoms. The van der Waals surface area contributed by atoms with E-state index in [0.29, 0.717) is 23.2 Å². The van der Waals surface area contributed by atoms with Crippen LogP contribution < -0.4 is 14.5 Å². The third-order valence-electron chi connectivity index (χ3n) is 5.50. The van der Waals surface area contributed by atoms with Crippen molar-refractivity contribution in [2.45, 2.75) is 64.6 Å². The Balaban J connectivity index is 2.06. The first-order chi connectivity index (χ1) is 13.3. The molecule has 0 amide bonds. The highest BCUT2D eigenvalue weighted by Crippen LogP contribution is 2.43. The Kier molecular flexibility index (Phi) is 7.93. The summed E-state index contributed by atoms with van der Waals surface area (Å²) in [5.41, 5.74) is 2.65. The molecule has 1 aromatic heterocycles. The van der Waals surface area contributed by atoms with Crippen LogP contribution in [0.2, 0.25) is 16.6 Å². The van der Waals surface area contributed by atoms with Crippen LogP contribution in [0, 0.1) is 0 Å². The Labute approximate surface area is 171 Å². The Morgan fingerprint density at radius 1 is 0.893 bits per heavy atom. The standard InChI is InChI=1S/C23H36N2O2Si/c1-17(2)28(18(3)4,19(5)6)27-22-12-9-11-21(16-22)26-15-14-20-10-8-13-23(24-7)25-20/h8-13,16-19H,14-15H2,1-7H3,(H,24,25). The van der Waals surface area contributed by atoms with Gasteiger partial charge in [-0.2, -0.15) is 0 Å². The molecular weight excluding hydrogens is 364 g/mol. The van der Waals surface area contributed by atoms with Gasteiger partial charge in [0.25, 0.3) is 8.32 Å². The molecule has 0 atom stereocenters. The van der Waals surface area contributed by atoms with Crippen LogP contribution in [0.3, 0.4) is 0 Å². The summed E-state index contributed by atoms with van der Waals surface area (Å²) in [7, 11) is -0.0804. The van der Waals surface area contributed by atoms with Crippen LogP contribution in [0.15, 0.2) is 42.5 Å². The maximum Gasteiger partial charge on any atom is 0.258 e. The number of hydrogen-bond donors (Lipinski definition) is 1. The molecule has 0 fully saturated rings. The molecular formula is C23H36N2O2Si. The first-order valence-electron chi connectivity index (χ1n) is 10.3. The molecule has 1 N–H and O–H groups in total. The molecule has 1 aromatic carbocycles. The molecule has 2 aromatic rings. The van der Waals surface area contributed by atoms with E-state index in [1.165, 1.54) is 0 Å². The van der Waals surface area contributed by atoms with Gasteiger partial charge in [-0.1, -0.05) is 53.7 Å². The van der Waals surface area contributed by atoms with Gasteiger partial charge >= 0.3 is 0 Å². The van der Waals surface area contributed by atoms with Gasteiger partial charge in [0.1, 0.15) is 17.3 Å². The molecule has 0 saturated heterocycles. The van der Waals surface area contributed by atoms with E-state index in [4.69, 9.17) is 9.16 Å². The fraction of sp³-hybridized carbons (Fsp3) is 0.522. The summed E-state index contributed by atoms with van der Waals surface area (Å²) in [6.45, 7) is 14.4. The average Bonchev–Trinajstić information content (AvgIpc) is 2.65. The number of nitrogens with one attached hydrogen (secondary N) is 1. The van der Waals surface area contributed by atoms with E-state index in [-0.39, 0.29) is 0 Å². The predicted octanol–water partition coefficient (Wildman–Crippen LogP) is 6.30. The van der Waals surface area contributed by atoms with E-state index in [9.17, 15) is 0 Å². The maximum atomic E-state index is 6.76. The van der Waals surface area contributed by atoms with E-state index in [0.717, 1.165) is 29.4 Å². The summed E-state index contributed by atoms with van der Waals surface area (Å²) >= 11 is 0. The highest BCUT2D eigenvalue weighted by molar-refractivity contribution is 6.78. The molecule has 4 nitrogen and oxygen atoms in total. The topological polar surface area (TPSA) is 43.4 Å². The van der Waals surface area contributed by atoms with E-state index in [1.807, 2.05) is 43.4 Å². The lowest BCUT2D eigenvalue weighted by Gasteiger charge is -2.42. The number of pyridine rings is 1. The molecule has 0 bridgehead atoms. The smallest absolute Gasteiger partial charge is 0.258 e. The Morgan fingerprint density at radius 3 is 2.11 bits per heavy atom. The summed E-state index contributed by atoms with van der Waals surface area (Å²) in [5.74, 6) is 2.65. The van der Waals surface area contributed by atoms with Crippen LogP contribution in [-0.2, 0) is 6.42 Å². The molecule has 0 radical (unpaired) electrons. The normalized spacial score (nSPS) is 11.9. The fourth-order valence-electron chi connectivity index (χ4n) is 4.22. The molecule has 28 heavy (non-hydrogen) atoms. The van der Waals surface area contributed by atoms with Crippen molar-refractivity contribution in [1.29, 1.82) is 0 Å². The minimum absolute atomic E-state index is 0.544. The van der Waals surface area contributed by atoms with Crippen molar-refractivity contribution < 1.29 is 9.16 Å². The van der Waals surface area contributed by atoms with Crippen molar-refractivity contribution in [2.75, 3.05) is 19.0 Å². The Hall–Kier alpha value is -2.01. The van der Waals surface area contributed by atoms with E-state index < -0.39 is 8.32 Å². The molecule has 0 aliphatic rings. The molecule has 0 spiro atoms. The predicted molar refractivity (Wildman–Crippen MR) is 121 cm³/mol. The number of benzene rings is 1. The Morgan fingerprint density at radius 2 is 1.50 bits per heavy atom. The number of aromatic nitrogens is 1. The van der Waals surface area contributed by atoms with Crippen LogP contribution in [0.5, 0.6) is 11.5 Å². The van der Waals surface area contributed by atoms with Crippen molar-refractivity contribution in [1.82, 2.24) is 4.98 Å². The second-order valence-electron chi connectivity index (χ2n) is 8.26. The van der Waals surface area contributed by atoms with E-state index in [1.54, 1.807) is 0 Å². The SMILES string of the molecule is CNc1cccc(CCOc2cccc(O[Si](C(C)C)(C(C)C)C(C)C)c2)n1. The van der Waals surface area contributed by atoms with Crippen LogP contribution in [0.1, 0.15) is 47.2 Å². The van der Waals surface area contributed by atoms with Gasteiger partial charge in [0, 0.05) is 25.2 Å². The van der Waals surface area contributed by atoms with Gasteiger partial charge in [0.05, 0.1) is 6.61 Å². The number of ether oxygens (including phenoxy) is 1. The number of anilines is 1. The lowest BCUT2D eigenvalue weighted by atomic mass is 10.3.